The number of nitrogens with zero attached hydrogens (tertiary/aromatic N) is 1. The summed E-state index contributed by atoms with van der Waals surface area (Å²) in [6.07, 6.45) is -1.09. The zero-order valence-electron chi connectivity index (χ0n) is 10.1. The van der Waals surface area contributed by atoms with Crippen molar-refractivity contribution in [2.24, 2.45) is 5.73 Å². The van der Waals surface area contributed by atoms with E-state index in [2.05, 4.69) is 0 Å². The molecule has 0 saturated carbocycles. The minimum absolute atomic E-state index is 0.169. The maximum Gasteiger partial charge on any atom is 0.252 e. The molecule has 0 bridgehead atoms. The monoisotopic (exact) mass is 258 g/mol. The average Bonchev–Trinajstić information content (AvgIpc) is 2.37. The smallest absolute Gasteiger partial charge is 0.252 e. The molecule has 18 heavy (non-hydrogen) atoms. The maximum atomic E-state index is 13.3. The van der Waals surface area contributed by atoms with Gasteiger partial charge in [-0.2, -0.15) is 0 Å². The van der Waals surface area contributed by atoms with Crippen molar-refractivity contribution in [1.29, 1.82) is 0 Å². The third-order valence-electron chi connectivity index (χ3n) is 2.61. The highest BCUT2D eigenvalue weighted by molar-refractivity contribution is 5.80. The highest BCUT2D eigenvalue weighted by Gasteiger charge is 2.17. The van der Waals surface area contributed by atoms with Crippen molar-refractivity contribution in [3.63, 3.8) is 0 Å². The molecule has 3 N–H and O–H groups in total. The van der Waals surface area contributed by atoms with Crippen molar-refractivity contribution in [2.45, 2.75) is 12.5 Å². The van der Waals surface area contributed by atoms with E-state index in [1.807, 2.05) is 0 Å². The van der Waals surface area contributed by atoms with E-state index in [4.69, 9.17) is 5.73 Å². The molecule has 0 aliphatic rings. The quantitative estimate of drug-likeness (QED) is 0.797. The molecule has 0 spiro atoms. The van der Waals surface area contributed by atoms with E-state index in [9.17, 15) is 18.7 Å². The Balaban J connectivity index is 2.59. The highest BCUT2D eigenvalue weighted by atomic mass is 19.1. The van der Waals surface area contributed by atoms with E-state index in [0.717, 1.165) is 18.2 Å². The summed E-state index contributed by atoms with van der Waals surface area (Å²) in [6.45, 7) is 0.00770. The van der Waals surface area contributed by atoms with Crippen LogP contribution in [-0.2, 0) is 11.2 Å². The second-order valence-corrected chi connectivity index (χ2v) is 4.00. The van der Waals surface area contributed by atoms with Crippen LogP contribution in [-0.4, -0.2) is 42.2 Å². The highest BCUT2D eigenvalue weighted by Crippen LogP contribution is 2.10. The lowest BCUT2D eigenvalue weighted by Gasteiger charge is -2.19. The van der Waals surface area contributed by atoms with E-state index >= 15 is 0 Å². The Labute approximate surface area is 104 Å². The zero-order valence-corrected chi connectivity index (χ0v) is 10.1. The molecule has 0 aliphatic heterocycles. The predicted molar refractivity (Wildman–Crippen MR) is 62.8 cm³/mol. The number of likely N-dealkylation sites (N-methyl/N-ethyl adjacent to an activating group) is 1. The van der Waals surface area contributed by atoms with E-state index in [-0.39, 0.29) is 25.1 Å². The number of aliphatic hydroxyl groups excluding tert-OH is 1. The van der Waals surface area contributed by atoms with Crippen molar-refractivity contribution >= 4 is 5.91 Å². The first-order valence-corrected chi connectivity index (χ1v) is 5.52. The molecule has 1 amide bonds. The third kappa shape index (κ3) is 3.75. The standard InChI is InChI=1S/C12H16F2N2O2/c1-16(12(18)11(17)7-15)5-4-8-6-9(13)2-3-10(8)14/h2-3,6,11,17H,4-5,7,15H2,1H3. The van der Waals surface area contributed by atoms with Crippen LogP contribution in [0, 0.1) is 11.6 Å². The van der Waals surface area contributed by atoms with E-state index < -0.39 is 23.6 Å². The molecule has 0 aliphatic carbocycles. The number of aliphatic hydroxyl groups is 1. The van der Waals surface area contributed by atoms with Gasteiger partial charge in [0, 0.05) is 20.1 Å². The zero-order chi connectivity index (χ0) is 13.7. The van der Waals surface area contributed by atoms with Crippen LogP contribution < -0.4 is 5.73 Å². The molecular formula is C12H16F2N2O2. The van der Waals surface area contributed by atoms with Crippen LogP contribution in [0.5, 0.6) is 0 Å². The summed E-state index contributed by atoms with van der Waals surface area (Å²) in [4.78, 5) is 12.7. The van der Waals surface area contributed by atoms with Gasteiger partial charge in [0.1, 0.15) is 17.7 Å². The maximum absolute atomic E-state index is 13.3. The summed E-state index contributed by atoms with van der Waals surface area (Å²) in [5.41, 5.74) is 5.35. The molecule has 1 unspecified atom stereocenters. The topological polar surface area (TPSA) is 66.6 Å². The van der Waals surface area contributed by atoms with Gasteiger partial charge in [0.05, 0.1) is 0 Å². The molecule has 1 aromatic rings. The molecule has 4 nitrogen and oxygen atoms in total. The molecule has 0 fully saturated rings. The van der Waals surface area contributed by atoms with Gasteiger partial charge in [-0.3, -0.25) is 4.79 Å². The van der Waals surface area contributed by atoms with Crippen LogP contribution in [0.25, 0.3) is 0 Å². The first-order valence-electron chi connectivity index (χ1n) is 5.52. The van der Waals surface area contributed by atoms with E-state index in [1.165, 1.54) is 11.9 Å². The van der Waals surface area contributed by atoms with Crippen molar-refractivity contribution < 1.29 is 18.7 Å². The molecule has 1 aromatic carbocycles. The molecule has 1 atom stereocenters. The van der Waals surface area contributed by atoms with Crippen LogP contribution in [0.1, 0.15) is 5.56 Å². The summed E-state index contributed by atoms with van der Waals surface area (Å²) in [5.74, 6) is -1.58. The average molecular weight is 258 g/mol. The number of hydrogen-bond donors (Lipinski definition) is 2. The number of amides is 1. The molecule has 1 rings (SSSR count). The first kappa shape index (κ1) is 14.5. The molecule has 0 heterocycles. The Kier molecular flexibility index (Phi) is 5.18. The lowest BCUT2D eigenvalue weighted by Crippen LogP contribution is -2.41. The van der Waals surface area contributed by atoms with Crippen LogP contribution in [0.2, 0.25) is 0 Å². The second-order valence-electron chi connectivity index (χ2n) is 4.00. The van der Waals surface area contributed by atoms with E-state index in [0.29, 0.717) is 0 Å². The fraction of sp³-hybridized carbons (Fsp3) is 0.417. The van der Waals surface area contributed by atoms with Gasteiger partial charge in [0.25, 0.3) is 5.91 Å². The lowest BCUT2D eigenvalue weighted by atomic mass is 10.1. The summed E-state index contributed by atoms with van der Waals surface area (Å²) in [7, 11) is 1.47. The molecule has 0 saturated heterocycles. The Bertz CT molecular complexity index is 427. The Morgan fingerprint density at radius 1 is 1.50 bits per heavy atom. The summed E-state index contributed by atoms with van der Waals surface area (Å²) < 4.78 is 26.2. The number of halogens is 2. The van der Waals surface area contributed by atoms with Gasteiger partial charge in [0.2, 0.25) is 0 Å². The third-order valence-corrected chi connectivity index (χ3v) is 2.61. The first-order chi connectivity index (χ1) is 8.45. The van der Waals surface area contributed by atoms with E-state index in [1.54, 1.807) is 0 Å². The second kappa shape index (κ2) is 6.42. The predicted octanol–water partition coefficient (Wildman–Crippen LogP) is 0.285. The molecule has 100 valence electrons. The van der Waals surface area contributed by atoms with Gasteiger partial charge in [-0.05, 0) is 30.2 Å². The SMILES string of the molecule is CN(CCc1cc(F)ccc1F)C(=O)C(O)CN. The number of benzene rings is 1. The minimum Gasteiger partial charge on any atom is -0.382 e. The minimum atomic E-state index is -1.26. The van der Waals surface area contributed by atoms with Gasteiger partial charge in [-0.25, -0.2) is 8.78 Å². The van der Waals surface area contributed by atoms with Crippen LogP contribution in [0.4, 0.5) is 8.78 Å². The fourth-order valence-electron chi connectivity index (χ4n) is 1.49. The van der Waals surface area contributed by atoms with Crippen molar-refractivity contribution in [2.75, 3.05) is 20.1 Å². The fourth-order valence-corrected chi connectivity index (χ4v) is 1.49. The van der Waals surface area contributed by atoms with Crippen molar-refractivity contribution in [1.82, 2.24) is 4.90 Å². The van der Waals surface area contributed by atoms with Gasteiger partial charge in [-0.1, -0.05) is 0 Å². The van der Waals surface area contributed by atoms with Gasteiger partial charge in [0.15, 0.2) is 0 Å². The summed E-state index contributed by atoms with van der Waals surface area (Å²) >= 11 is 0. The van der Waals surface area contributed by atoms with Crippen molar-refractivity contribution in [3.8, 4) is 0 Å². The number of nitrogens with two attached hydrogens (primary N) is 1. The van der Waals surface area contributed by atoms with Gasteiger partial charge < -0.3 is 15.7 Å². The normalized spacial score (nSPS) is 12.3. The molecular weight excluding hydrogens is 242 g/mol. The largest absolute Gasteiger partial charge is 0.382 e. The van der Waals surface area contributed by atoms with Gasteiger partial charge >= 0.3 is 0 Å². The number of hydrogen-bond acceptors (Lipinski definition) is 3. The Hall–Kier alpha value is -1.53. The number of carbonyl (C=O) groups is 1. The number of rotatable bonds is 5. The lowest BCUT2D eigenvalue weighted by molar-refractivity contribution is -0.138. The Morgan fingerprint density at radius 3 is 2.78 bits per heavy atom. The molecule has 0 radical (unpaired) electrons. The van der Waals surface area contributed by atoms with Crippen LogP contribution in [0.15, 0.2) is 18.2 Å². The number of carbonyl (C=O) groups excluding carboxylic acids is 1. The molecule has 6 heteroatoms. The summed E-state index contributed by atoms with van der Waals surface area (Å²) in [6, 6.07) is 3.17. The van der Waals surface area contributed by atoms with Crippen LogP contribution >= 0.6 is 0 Å². The van der Waals surface area contributed by atoms with Crippen LogP contribution in [0.3, 0.4) is 0 Å². The van der Waals surface area contributed by atoms with Gasteiger partial charge in [-0.15, -0.1) is 0 Å². The van der Waals surface area contributed by atoms with Crippen molar-refractivity contribution in [3.05, 3.63) is 35.4 Å². The molecule has 0 aromatic heterocycles. The Morgan fingerprint density at radius 2 is 2.17 bits per heavy atom. The summed E-state index contributed by atoms with van der Waals surface area (Å²) in [5, 5.41) is 9.24.